The number of hydrogen-bond donors (Lipinski definition) is 2. The van der Waals surface area contributed by atoms with Gasteiger partial charge in [-0.1, -0.05) is 0 Å². The molecular formula is C12H14FN3O3S. The first-order valence-corrected chi connectivity index (χ1v) is 7.22. The van der Waals surface area contributed by atoms with E-state index in [1.165, 1.54) is 13.1 Å². The lowest BCUT2D eigenvalue weighted by Gasteiger charge is -2.12. The van der Waals surface area contributed by atoms with Crippen LogP contribution in [0, 0.1) is 15.9 Å². The molecule has 6 nitrogen and oxygen atoms in total. The van der Waals surface area contributed by atoms with E-state index < -0.39 is 22.3 Å². The van der Waals surface area contributed by atoms with Crippen molar-refractivity contribution in [2.75, 3.05) is 23.9 Å². The maximum absolute atomic E-state index is 13.6. The quantitative estimate of drug-likeness (QED) is 0.656. The van der Waals surface area contributed by atoms with Crippen molar-refractivity contribution >= 4 is 29.0 Å². The number of halogens is 1. The van der Waals surface area contributed by atoms with Gasteiger partial charge in [-0.2, -0.15) is 11.8 Å². The highest BCUT2D eigenvalue weighted by Gasteiger charge is 2.26. The summed E-state index contributed by atoms with van der Waals surface area (Å²) in [5, 5.41) is 16.3. The minimum atomic E-state index is -0.757. The predicted octanol–water partition coefficient (Wildman–Crippen LogP) is 2.01. The zero-order valence-corrected chi connectivity index (χ0v) is 11.6. The van der Waals surface area contributed by atoms with E-state index in [2.05, 4.69) is 10.6 Å². The number of anilines is 1. The van der Waals surface area contributed by atoms with Crippen LogP contribution in [0.4, 0.5) is 15.8 Å². The third-order valence-electron chi connectivity index (χ3n) is 3.06. The van der Waals surface area contributed by atoms with Gasteiger partial charge in [0.1, 0.15) is 5.56 Å². The molecule has 108 valence electrons. The molecule has 0 saturated carbocycles. The first-order chi connectivity index (χ1) is 9.52. The number of carbonyl (C=O) groups is 1. The Labute approximate surface area is 119 Å². The maximum Gasteiger partial charge on any atom is 0.285 e. The second kappa shape index (κ2) is 6.08. The highest BCUT2D eigenvalue weighted by atomic mass is 32.2. The van der Waals surface area contributed by atoms with Gasteiger partial charge in [0.15, 0.2) is 5.82 Å². The molecular weight excluding hydrogens is 285 g/mol. The van der Waals surface area contributed by atoms with Crippen molar-refractivity contribution in [3.05, 3.63) is 33.6 Å². The summed E-state index contributed by atoms with van der Waals surface area (Å²) in [5.41, 5.74) is -0.594. The van der Waals surface area contributed by atoms with E-state index in [4.69, 9.17) is 0 Å². The average Bonchev–Trinajstić information content (AvgIpc) is 2.90. The van der Waals surface area contributed by atoms with Crippen LogP contribution in [0.15, 0.2) is 12.1 Å². The highest BCUT2D eigenvalue weighted by Crippen LogP contribution is 2.26. The van der Waals surface area contributed by atoms with E-state index in [1.807, 2.05) is 0 Å². The monoisotopic (exact) mass is 299 g/mol. The zero-order valence-electron chi connectivity index (χ0n) is 10.8. The molecule has 2 N–H and O–H groups in total. The second-order valence-corrected chi connectivity index (χ2v) is 5.54. The first-order valence-electron chi connectivity index (χ1n) is 6.07. The van der Waals surface area contributed by atoms with Gasteiger partial charge < -0.3 is 10.6 Å². The lowest BCUT2D eigenvalue weighted by molar-refractivity contribution is -0.385. The molecule has 0 radical (unpaired) electrons. The molecule has 0 aliphatic carbocycles. The minimum Gasteiger partial charge on any atom is -0.386 e. The van der Waals surface area contributed by atoms with Crippen LogP contribution >= 0.6 is 11.8 Å². The van der Waals surface area contributed by atoms with Gasteiger partial charge in [-0.3, -0.25) is 14.9 Å². The number of benzene rings is 1. The highest BCUT2D eigenvalue weighted by molar-refractivity contribution is 7.99. The smallest absolute Gasteiger partial charge is 0.285 e. The number of hydrogen-bond acceptors (Lipinski definition) is 5. The van der Waals surface area contributed by atoms with Gasteiger partial charge in [0.25, 0.3) is 11.6 Å². The van der Waals surface area contributed by atoms with Gasteiger partial charge in [0, 0.05) is 18.8 Å². The van der Waals surface area contributed by atoms with Gasteiger partial charge >= 0.3 is 0 Å². The van der Waals surface area contributed by atoms with Gasteiger partial charge in [0.05, 0.1) is 16.7 Å². The normalized spacial score (nSPS) is 17.8. The molecule has 0 bridgehead atoms. The number of carbonyl (C=O) groups excluding carboxylic acids is 1. The topological polar surface area (TPSA) is 84.3 Å². The van der Waals surface area contributed by atoms with Crippen molar-refractivity contribution < 1.29 is 14.1 Å². The molecule has 20 heavy (non-hydrogen) atoms. The van der Waals surface area contributed by atoms with Crippen LogP contribution in [0.3, 0.4) is 0 Å². The fourth-order valence-electron chi connectivity index (χ4n) is 2.00. The molecule has 0 aromatic heterocycles. The fourth-order valence-corrected chi connectivity index (χ4v) is 3.15. The molecule has 1 atom stereocenters. The number of thioether (sulfide) groups is 1. The summed E-state index contributed by atoms with van der Waals surface area (Å²) >= 11 is 1.72. The van der Waals surface area contributed by atoms with Crippen LogP contribution in [0.5, 0.6) is 0 Å². The Morgan fingerprint density at radius 2 is 2.30 bits per heavy atom. The second-order valence-electron chi connectivity index (χ2n) is 4.39. The maximum atomic E-state index is 13.6. The zero-order chi connectivity index (χ0) is 14.7. The number of nitrogens with zero attached hydrogens (tertiary/aromatic N) is 1. The summed E-state index contributed by atoms with van der Waals surface area (Å²) in [6, 6.07) is 1.95. The largest absolute Gasteiger partial charge is 0.386 e. The Morgan fingerprint density at radius 3 is 2.85 bits per heavy atom. The molecule has 1 amide bonds. The van der Waals surface area contributed by atoms with E-state index in [9.17, 15) is 19.3 Å². The van der Waals surface area contributed by atoms with Crippen LogP contribution in [0.1, 0.15) is 16.8 Å². The molecule has 1 saturated heterocycles. The number of amides is 1. The van der Waals surface area contributed by atoms with E-state index in [0.29, 0.717) is 0 Å². The molecule has 1 aliphatic rings. The molecule has 0 spiro atoms. The van der Waals surface area contributed by atoms with Crippen LogP contribution < -0.4 is 10.6 Å². The first kappa shape index (κ1) is 14.6. The lowest BCUT2D eigenvalue weighted by Crippen LogP contribution is -2.35. The third kappa shape index (κ3) is 3.01. The Bertz CT molecular complexity index is 547. The number of nitrogens with one attached hydrogen (secondary N) is 2. The molecule has 1 fully saturated rings. The van der Waals surface area contributed by atoms with Crippen molar-refractivity contribution in [2.24, 2.45) is 0 Å². The average molecular weight is 299 g/mol. The summed E-state index contributed by atoms with van der Waals surface area (Å²) in [5.74, 6) is 0.450. The molecule has 1 aliphatic heterocycles. The SMILES string of the molecule is CNc1cc(C(=O)NC2CCSC2)c([N+](=O)[O-])cc1F. The van der Waals surface area contributed by atoms with Crippen LogP contribution in [0.2, 0.25) is 0 Å². The van der Waals surface area contributed by atoms with E-state index in [1.54, 1.807) is 11.8 Å². The van der Waals surface area contributed by atoms with Crippen LogP contribution in [0.25, 0.3) is 0 Å². The summed E-state index contributed by atoms with van der Waals surface area (Å²) in [7, 11) is 1.49. The van der Waals surface area contributed by atoms with Crippen molar-refractivity contribution in [1.29, 1.82) is 0 Å². The van der Waals surface area contributed by atoms with Crippen LogP contribution in [-0.4, -0.2) is 35.4 Å². The van der Waals surface area contributed by atoms with Crippen LogP contribution in [-0.2, 0) is 0 Å². The minimum absolute atomic E-state index is 0.00944. The molecule has 1 heterocycles. The Morgan fingerprint density at radius 1 is 1.55 bits per heavy atom. The van der Waals surface area contributed by atoms with Crippen molar-refractivity contribution in [2.45, 2.75) is 12.5 Å². The van der Waals surface area contributed by atoms with E-state index >= 15 is 0 Å². The van der Waals surface area contributed by atoms with Gasteiger partial charge in [-0.15, -0.1) is 0 Å². The number of nitro groups is 1. The van der Waals surface area contributed by atoms with E-state index in [-0.39, 0.29) is 17.3 Å². The predicted molar refractivity (Wildman–Crippen MR) is 75.8 cm³/mol. The van der Waals surface area contributed by atoms with Crippen molar-refractivity contribution in [3.63, 3.8) is 0 Å². The van der Waals surface area contributed by atoms with E-state index in [0.717, 1.165) is 24.0 Å². The molecule has 1 aromatic carbocycles. The summed E-state index contributed by atoms with van der Waals surface area (Å²) in [4.78, 5) is 22.3. The summed E-state index contributed by atoms with van der Waals surface area (Å²) < 4.78 is 13.6. The fraction of sp³-hybridized carbons (Fsp3) is 0.417. The standard InChI is InChI=1S/C12H14FN3O3S/c1-14-10-4-8(11(16(18)19)5-9(10)13)12(17)15-7-2-3-20-6-7/h4-5,7,14H,2-3,6H2,1H3,(H,15,17). The third-order valence-corrected chi connectivity index (χ3v) is 4.22. The van der Waals surface area contributed by atoms with Crippen molar-refractivity contribution in [1.82, 2.24) is 5.32 Å². The Balaban J connectivity index is 2.32. The lowest BCUT2D eigenvalue weighted by atomic mass is 10.1. The summed E-state index contributed by atoms with van der Waals surface area (Å²) in [6.07, 6.45) is 0.838. The Hall–Kier alpha value is -1.83. The summed E-state index contributed by atoms with van der Waals surface area (Å²) in [6.45, 7) is 0. The van der Waals surface area contributed by atoms with Gasteiger partial charge in [-0.05, 0) is 18.2 Å². The number of nitro benzene ring substituents is 1. The van der Waals surface area contributed by atoms with Gasteiger partial charge in [-0.25, -0.2) is 4.39 Å². The molecule has 2 rings (SSSR count). The van der Waals surface area contributed by atoms with Crippen molar-refractivity contribution in [3.8, 4) is 0 Å². The Kier molecular flexibility index (Phi) is 4.43. The molecule has 8 heteroatoms. The van der Waals surface area contributed by atoms with Gasteiger partial charge in [0.2, 0.25) is 0 Å². The molecule has 1 unspecified atom stereocenters. The molecule has 1 aromatic rings. The number of rotatable bonds is 4.